The Bertz CT molecular complexity index is 413. The number of nitrogens with one attached hydrogen (secondary N) is 1. The Balaban J connectivity index is 2.07. The largest absolute Gasteiger partial charge is 0.490 e. The van der Waals surface area contributed by atoms with Crippen molar-refractivity contribution in [2.75, 3.05) is 24.6 Å². The fourth-order valence-electron chi connectivity index (χ4n) is 2.29. The van der Waals surface area contributed by atoms with Crippen LogP contribution in [0.25, 0.3) is 0 Å². The highest BCUT2D eigenvalue weighted by Crippen LogP contribution is 2.29. The maximum Gasteiger partial charge on any atom is 0.171 e. The van der Waals surface area contributed by atoms with Gasteiger partial charge in [-0.2, -0.15) is 0 Å². The van der Waals surface area contributed by atoms with E-state index < -0.39 is 0 Å². The number of aromatic nitrogens is 1. The second-order valence-corrected chi connectivity index (χ2v) is 4.47. The molecule has 1 fully saturated rings. The number of amidine groups is 1. The van der Waals surface area contributed by atoms with Gasteiger partial charge in [0.15, 0.2) is 11.6 Å². The molecule has 1 aromatic heterocycles. The number of ether oxygens (including phenoxy) is 1. The number of rotatable bonds is 4. The van der Waals surface area contributed by atoms with Gasteiger partial charge in [-0.25, -0.2) is 4.98 Å². The van der Waals surface area contributed by atoms with E-state index in [-0.39, 0.29) is 5.92 Å². The van der Waals surface area contributed by atoms with Crippen LogP contribution in [0, 0.1) is 11.3 Å². The number of hydrogen-bond acceptors (Lipinski definition) is 4. The van der Waals surface area contributed by atoms with Gasteiger partial charge in [-0.15, -0.1) is 0 Å². The van der Waals surface area contributed by atoms with E-state index in [0.717, 1.165) is 37.5 Å². The SMILES string of the molecule is CCOc1cccnc1N1CCC(C(=N)N)CC1. The molecule has 1 aliphatic rings. The first-order chi connectivity index (χ1) is 8.72. The lowest BCUT2D eigenvalue weighted by molar-refractivity contribution is 0.337. The van der Waals surface area contributed by atoms with Gasteiger partial charge >= 0.3 is 0 Å². The summed E-state index contributed by atoms with van der Waals surface area (Å²) in [4.78, 5) is 6.62. The van der Waals surface area contributed by atoms with Gasteiger partial charge in [0, 0.05) is 25.2 Å². The number of nitrogens with zero attached hydrogens (tertiary/aromatic N) is 2. The molecule has 2 heterocycles. The van der Waals surface area contributed by atoms with Gasteiger partial charge in [0.1, 0.15) is 0 Å². The molecule has 1 saturated heterocycles. The van der Waals surface area contributed by atoms with E-state index in [0.29, 0.717) is 12.4 Å². The van der Waals surface area contributed by atoms with Gasteiger partial charge in [-0.1, -0.05) is 0 Å². The highest BCUT2D eigenvalue weighted by Gasteiger charge is 2.23. The van der Waals surface area contributed by atoms with Crippen LogP contribution in [0.4, 0.5) is 5.82 Å². The summed E-state index contributed by atoms with van der Waals surface area (Å²) in [6.45, 7) is 4.37. The Hall–Kier alpha value is -1.78. The van der Waals surface area contributed by atoms with Gasteiger partial charge in [0.2, 0.25) is 0 Å². The average molecular weight is 248 g/mol. The molecule has 5 nitrogen and oxygen atoms in total. The van der Waals surface area contributed by atoms with Crippen molar-refractivity contribution < 1.29 is 4.74 Å². The molecule has 5 heteroatoms. The number of hydrogen-bond donors (Lipinski definition) is 2. The Labute approximate surface area is 107 Å². The van der Waals surface area contributed by atoms with Crippen molar-refractivity contribution in [1.29, 1.82) is 5.41 Å². The fraction of sp³-hybridized carbons (Fsp3) is 0.538. The lowest BCUT2D eigenvalue weighted by Crippen LogP contribution is -2.38. The molecule has 0 bridgehead atoms. The van der Waals surface area contributed by atoms with Gasteiger partial charge in [0.25, 0.3) is 0 Å². The van der Waals surface area contributed by atoms with Crippen molar-refractivity contribution >= 4 is 11.7 Å². The summed E-state index contributed by atoms with van der Waals surface area (Å²) in [6.07, 6.45) is 3.61. The first-order valence-corrected chi connectivity index (χ1v) is 6.39. The van der Waals surface area contributed by atoms with E-state index in [4.69, 9.17) is 15.9 Å². The number of piperidine rings is 1. The van der Waals surface area contributed by atoms with Crippen molar-refractivity contribution in [3.8, 4) is 5.75 Å². The third-order valence-corrected chi connectivity index (χ3v) is 3.29. The van der Waals surface area contributed by atoms with Crippen LogP contribution in [0.3, 0.4) is 0 Å². The molecule has 0 amide bonds. The van der Waals surface area contributed by atoms with Crippen molar-refractivity contribution in [1.82, 2.24) is 4.98 Å². The first-order valence-electron chi connectivity index (χ1n) is 6.39. The van der Waals surface area contributed by atoms with Gasteiger partial charge < -0.3 is 15.4 Å². The molecule has 98 valence electrons. The van der Waals surface area contributed by atoms with Crippen LogP contribution in [0.5, 0.6) is 5.75 Å². The van der Waals surface area contributed by atoms with E-state index in [1.165, 1.54) is 0 Å². The number of pyridine rings is 1. The topological polar surface area (TPSA) is 75.2 Å². The first kappa shape index (κ1) is 12.7. The third kappa shape index (κ3) is 2.72. The molecule has 0 saturated carbocycles. The molecule has 0 spiro atoms. The second kappa shape index (κ2) is 5.71. The molecule has 1 aliphatic heterocycles. The average Bonchev–Trinajstić information content (AvgIpc) is 2.40. The maximum absolute atomic E-state index is 7.49. The Kier molecular flexibility index (Phi) is 4.02. The minimum absolute atomic E-state index is 0.223. The van der Waals surface area contributed by atoms with Crippen molar-refractivity contribution in [3.05, 3.63) is 18.3 Å². The van der Waals surface area contributed by atoms with Gasteiger partial charge in [-0.3, -0.25) is 5.41 Å². The van der Waals surface area contributed by atoms with E-state index in [1.807, 2.05) is 19.1 Å². The molecule has 0 unspecified atom stereocenters. The van der Waals surface area contributed by atoms with E-state index in [9.17, 15) is 0 Å². The van der Waals surface area contributed by atoms with Gasteiger partial charge in [-0.05, 0) is 31.9 Å². The van der Waals surface area contributed by atoms with Crippen LogP contribution in [-0.4, -0.2) is 30.5 Å². The second-order valence-electron chi connectivity index (χ2n) is 4.47. The summed E-state index contributed by atoms with van der Waals surface area (Å²) in [6, 6.07) is 3.83. The fourth-order valence-corrected chi connectivity index (χ4v) is 2.29. The Morgan fingerprint density at radius 1 is 1.56 bits per heavy atom. The highest BCUT2D eigenvalue weighted by atomic mass is 16.5. The highest BCUT2D eigenvalue weighted by molar-refractivity contribution is 5.79. The maximum atomic E-state index is 7.49. The predicted octanol–water partition coefficient (Wildman–Crippen LogP) is 1.63. The lowest BCUT2D eigenvalue weighted by Gasteiger charge is -2.32. The monoisotopic (exact) mass is 248 g/mol. The zero-order valence-electron chi connectivity index (χ0n) is 10.7. The molecular formula is C13H20N4O. The van der Waals surface area contributed by atoms with Crippen LogP contribution in [0.15, 0.2) is 18.3 Å². The number of anilines is 1. The molecular weight excluding hydrogens is 228 g/mol. The summed E-state index contributed by atoms with van der Waals surface area (Å²) >= 11 is 0. The summed E-state index contributed by atoms with van der Waals surface area (Å²) in [5, 5.41) is 7.49. The van der Waals surface area contributed by atoms with Gasteiger partial charge in [0.05, 0.1) is 12.4 Å². The summed E-state index contributed by atoms with van der Waals surface area (Å²) in [5.41, 5.74) is 5.55. The third-order valence-electron chi connectivity index (χ3n) is 3.29. The van der Waals surface area contributed by atoms with E-state index in [2.05, 4.69) is 9.88 Å². The zero-order valence-corrected chi connectivity index (χ0v) is 10.7. The molecule has 18 heavy (non-hydrogen) atoms. The molecule has 2 rings (SSSR count). The van der Waals surface area contributed by atoms with E-state index in [1.54, 1.807) is 6.20 Å². The molecule has 0 atom stereocenters. The Morgan fingerprint density at radius 2 is 2.28 bits per heavy atom. The minimum atomic E-state index is 0.223. The van der Waals surface area contributed by atoms with Crippen molar-refractivity contribution in [3.63, 3.8) is 0 Å². The molecule has 0 radical (unpaired) electrons. The van der Waals surface area contributed by atoms with Crippen molar-refractivity contribution in [2.24, 2.45) is 11.7 Å². The lowest BCUT2D eigenvalue weighted by atomic mass is 9.96. The van der Waals surface area contributed by atoms with E-state index >= 15 is 0 Å². The molecule has 1 aromatic rings. The van der Waals surface area contributed by atoms with Crippen molar-refractivity contribution in [2.45, 2.75) is 19.8 Å². The standard InChI is InChI=1S/C13H20N4O/c1-2-18-11-4-3-7-16-13(11)17-8-5-10(6-9-17)12(14)15/h3-4,7,10H,2,5-6,8-9H2,1H3,(H3,14,15). The zero-order chi connectivity index (χ0) is 13.0. The minimum Gasteiger partial charge on any atom is -0.490 e. The summed E-state index contributed by atoms with van der Waals surface area (Å²) < 4.78 is 5.59. The number of nitrogens with two attached hydrogens (primary N) is 1. The van der Waals surface area contributed by atoms with Crippen LogP contribution < -0.4 is 15.4 Å². The predicted molar refractivity (Wildman–Crippen MR) is 72.3 cm³/mol. The van der Waals surface area contributed by atoms with Crippen LogP contribution in [0.2, 0.25) is 0 Å². The van der Waals surface area contributed by atoms with Crippen LogP contribution in [-0.2, 0) is 0 Å². The summed E-state index contributed by atoms with van der Waals surface area (Å²) in [5.74, 6) is 2.27. The van der Waals surface area contributed by atoms with Crippen LogP contribution in [0.1, 0.15) is 19.8 Å². The molecule has 0 aliphatic carbocycles. The molecule has 3 N–H and O–H groups in total. The molecule has 0 aromatic carbocycles. The normalized spacial score (nSPS) is 16.6. The Morgan fingerprint density at radius 3 is 2.89 bits per heavy atom. The quantitative estimate of drug-likeness (QED) is 0.627. The smallest absolute Gasteiger partial charge is 0.171 e. The summed E-state index contributed by atoms with van der Waals surface area (Å²) in [7, 11) is 0. The van der Waals surface area contributed by atoms with Crippen LogP contribution >= 0.6 is 0 Å².